The van der Waals surface area contributed by atoms with Gasteiger partial charge in [-0.2, -0.15) is 0 Å². The van der Waals surface area contributed by atoms with E-state index in [0.717, 1.165) is 22.8 Å². The average Bonchev–Trinajstić information content (AvgIpc) is 2.95. The van der Waals surface area contributed by atoms with Gasteiger partial charge in [0.2, 0.25) is 17.7 Å². The zero-order chi connectivity index (χ0) is 33.6. The highest BCUT2D eigenvalue weighted by Gasteiger charge is 2.30. The first-order valence-electron chi connectivity index (χ1n) is 14.9. The van der Waals surface area contributed by atoms with Crippen LogP contribution in [0.25, 0.3) is 10.4 Å². The van der Waals surface area contributed by atoms with Crippen molar-refractivity contribution < 1.29 is 22.8 Å². The van der Waals surface area contributed by atoms with Crippen LogP contribution in [0.1, 0.15) is 51.7 Å². The van der Waals surface area contributed by atoms with Crippen molar-refractivity contribution in [2.75, 3.05) is 12.0 Å². The molecule has 1 unspecified atom stereocenters. The number of sulfone groups is 1. The van der Waals surface area contributed by atoms with Crippen LogP contribution in [0, 0.1) is 11.8 Å². The maximum atomic E-state index is 13.6. The summed E-state index contributed by atoms with van der Waals surface area (Å²) >= 11 is 0. The van der Waals surface area contributed by atoms with Crippen molar-refractivity contribution in [3.63, 3.8) is 0 Å². The lowest BCUT2D eigenvalue weighted by molar-refractivity contribution is -0.133. The molecule has 0 aliphatic rings. The lowest BCUT2D eigenvalue weighted by Crippen LogP contribution is -2.56. The molecule has 0 saturated carbocycles. The number of anilines is 1. The Morgan fingerprint density at radius 1 is 0.822 bits per heavy atom. The smallest absolute Gasteiger partial charge is 0.243 e. The summed E-state index contributed by atoms with van der Waals surface area (Å²) < 4.78 is 23.7. The van der Waals surface area contributed by atoms with Crippen molar-refractivity contribution >= 4 is 33.2 Å². The summed E-state index contributed by atoms with van der Waals surface area (Å²) in [6, 6.07) is 12.3. The Labute approximate surface area is 265 Å². The number of azide groups is 1. The van der Waals surface area contributed by atoms with Gasteiger partial charge in [-0.3, -0.25) is 14.4 Å². The van der Waals surface area contributed by atoms with E-state index < -0.39 is 51.7 Å². The maximum absolute atomic E-state index is 13.6. The number of carbonyl (C=O) groups is 3. The molecule has 0 heterocycles. The van der Waals surface area contributed by atoms with E-state index in [1.54, 1.807) is 24.3 Å². The van der Waals surface area contributed by atoms with E-state index in [1.807, 2.05) is 58.0 Å². The first-order chi connectivity index (χ1) is 21.2. The Balaban J connectivity index is 2.26. The van der Waals surface area contributed by atoms with Crippen molar-refractivity contribution in [1.82, 2.24) is 16.0 Å². The van der Waals surface area contributed by atoms with Crippen LogP contribution in [0.2, 0.25) is 0 Å². The van der Waals surface area contributed by atoms with Gasteiger partial charge < -0.3 is 21.7 Å². The highest BCUT2D eigenvalue weighted by Crippen LogP contribution is 2.13. The predicted octanol–water partition coefficient (Wildman–Crippen LogP) is 3.84. The zero-order valence-electron chi connectivity index (χ0n) is 26.5. The molecule has 2 rings (SSSR count). The number of amides is 3. The largest absolute Gasteiger partial charge is 0.399 e. The Bertz CT molecular complexity index is 1450. The van der Waals surface area contributed by atoms with Crippen LogP contribution in [-0.2, 0) is 37.1 Å². The highest BCUT2D eigenvalue weighted by molar-refractivity contribution is 7.93. The molecule has 0 bridgehead atoms. The lowest BCUT2D eigenvalue weighted by atomic mass is 9.98. The summed E-state index contributed by atoms with van der Waals surface area (Å²) in [4.78, 5) is 43.2. The molecule has 0 saturated heterocycles. The van der Waals surface area contributed by atoms with E-state index in [2.05, 4.69) is 26.0 Å². The molecule has 0 radical (unpaired) electrons. The van der Waals surface area contributed by atoms with Crippen molar-refractivity contribution in [3.05, 3.63) is 87.7 Å². The third-order valence-corrected chi connectivity index (χ3v) is 7.42. The standard InChI is InChI=1S/C32H45N7O5S/c1-21(2)17-27(30(40)35-26(15-16-45(5,43)44)19-24-11-13-25(33)14-12-24)36-31(41)28(18-22(3)4)37-32(42)29(38-39-34)20-23-9-7-6-8-10-23/h6-16,21-22,26-29H,17-20,33H2,1-5H3,(H,35,40)(H,36,41)(H,37,42)/b16-15+/t26-,27+,28+,29?/m1/s1. The van der Waals surface area contributed by atoms with Crippen LogP contribution in [0.15, 0.2) is 71.2 Å². The van der Waals surface area contributed by atoms with Crippen molar-refractivity contribution in [2.24, 2.45) is 17.0 Å². The molecule has 2 aromatic rings. The van der Waals surface area contributed by atoms with Crippen molar-refractivity contribution in [2.45, 2.75) is 77.5 Å². The molecule has 5 N–H and O–H groups in total. The molecule has 13 heteroatoms. The predicted molar refractivity (Wildman–Crippen MR) is 176 cm³/mol. The molecule has 0 aromatic heterocycles. The normalized spacial score (nSPS) is 14.3. The van der Waals surface area contributed by atoms with E-state index >= 15 is 0 Å². The first-order valence-corrected chi connectivity index (χ1v) is 16.8. The number of benzene rings is 2. The fraction of sp³-hybridized carbons (Fsp3) is 0.469. The monoisotopic (exact) mass is 639 g/mol. The number of nitrogens with two attached hydrogens (primary N) is 1. The summed E-state index contributed by atoms with van der Waals surface area (Å²) in [6.07, 6.45) is 3.47. The molecule has 3 amide bonds. The van der Waals surface area contributed by atoms with Gasteiger partial charge in [0.25, 0.3) is 0 Å². The minimum absolute atomic E-state index is 0.0101. The number of nitrogens with zero attached hydrogens (tertiary/aromatic N) is 3. The van der Waals surface area contributed by atoms with Gasteiger partial charge in [0, 0.05) is 22.3 Å². The van der Waals surface area contributed by atoms with Gasteiger partial charge in [-0.15, -0.1) is 0 Å². The molecule has 2 aromatic carbocycles. The molecule has 0 aliphatic carbocycles. The molecule has 0 fully saturated rings. The Kier molecular flexibility index (Phi) is 14.6. The number of hydrogen-bond donors (Lipinski definition) is 4. The molecule has 45 heavy (non-hydrogen) atoms. The van der Waals surface area contributed by atoms with Gasteiger partial charge in [-0.05, 0) is 66.3 Å². The number of rotatable bonds is 17. The molecule has 244 valence electrons. The van der Waals surface area contributed by atoms with E-state index in [4.69, 9.17) is 11.3 Å². The topological polar surface area (TPSA) is 196 Å². The SMILES string of the molecule is CC(C)C[C@H](NC(=O)C(Cc1ccccc1)N=[N+]=[N-])C(=O)N[C@@H](CC(C)C)C(=O)N[C@H](/C=C/S(C)(=O)=O)Cc1ccc(N)cc1. The third-order valence-electron chi connectivity index (χ3n) is 6.77. The van der Waals surface area contributed by atoms with Crippen LogP contribution in [0.3, 0.4) is 0 Å². The maximum Gasteiger partial charge on any atom is 0.243 e. The minimum Gasteiger partial charge on any atom is -0.399 e. The number of hydrogen-bond acceptors (Lipinski definition) is 7. The second-order valence-corrected chi connectivity index (χ2v) is 13.9. The number of nitrogen functional groups attached to an aromatic ring is 1. The lowest BCUT2D eigenvalue weighted by Gasteiger charge is -2.27. The van der Waals surface area contributed by atoms with Gasteiger partial charge in [-0.1, -0.05) is 81.3 Å². The minimum atomic E-state index is -3.47. The summed E-state index contributed by atoms with van der Waals surface area (Å²) in [6.45, 7) is 7.61. The van der Waals surface area contributed by atoms with E-state index in [1.165, 1.54) is 6.08 Å². The van der Waals surface area contributed by atoms with Gasteiger partial charge in [0.1, 0.15) is 18.1 Å². The van der Waals surface area contributed by atoms with E-state index in [9.17, 15) is 22.8 Å². The van der Waals surface area contributed by atoms with Crippen LogP contribution in [0.4, 0.5) is 5.69 Å². The van der Waals surface area contributed by atoms with Crippen LogP contribution >= 0.6 is 0 Å². The molecule has 12 nitrogen and oxygen atoms in total. The fourth-order valence-electron chi connectivity index (χ4n) is 4.63. The highest BCUT2D eigenvalue weighted by atomic mass is 32.2. The fourth-order valence-corrected chi connectivity index (χ4v) is 5.10. The van der Waals surface area contributed by atoms with Crippen LogP contribution in [0.5, 0.6) is 0 Å². The quantitative estimate of drug-likeness (QED) is 0.0878. The molecule has 0 aliphatic heterocycles. The van der Waals surface area contributed by atoms with Crippen LogP contribution in [-0.4, -0.2) is 56.6 Å². The molecule has 4 atom stereocenters. The molecular weight excluding hydrogens is 594 g/mol. The molecular formula is C32H45N7O5S. The van der Waals surface area contributed by atoms with Crippen molar-refractivity contribution in [1.29, 1.82) is 0 Å². The van der Waals surface area contributed by atoms with Crippen molar-refractivity contribution in [3.8, 4) is 0 Å². The Morgan fingerprint density at radius 2 is 1.33 bits per heavy atom. The van der Waals surface area contributed by atoms with Crippen LogP contribution < -0.4 is 21.7 Å². The first kappa shape index (κ1) is 36.8. The average molecular weight is 640 g/mol. The number of nitrogens with one attached hydrogen (secondary N) is 3. The zero-order valence-corrected chi connectivity index (χ0v) is 27.3. The molecule has 0 spiro atoms. The summed E-state index contributed by atoms with van der Waals surface area (Å²) in [7, 11) is -3.47. The number of carbonyl (C=O) groups excluding carboxylic acids is 3. The second-order valence-electron chi connectivity index (χ2n) is 12.0. The van der Waals surface area contributed by atoms with Gasteiger partial charge in [0.15, 0.2) is 9.84 Å². The summed E-state index contributed by atoms with van der Waals surface area (Å²) in [5.74, 6) is -1.63. The van der Waals surface area contributed by atoms with Gasteiger partial charge in [0.05, 0.1) is 6.04 Å². The second kappa shape index (κ2) is 17.8. The van der Waals surface area contributed by atoms with Gasteiger partial charge >= 0.3 is 0 Å². The van der Waals surface area contributed by atoms with Gasteiger partial charge in [-0.25, -0.2) is 8.42 Å². The van der Waals surface area contributed by atoms with E-state index in [0.29, 0.717) is 12.1 Å². The summed E-state index contributed by atoms with van der Waals surface area (Å²) in [5, 5.41) is 13.1. The van der Waals surface area contributed by atoms with E-state index in [-0.39, 0.29) is 31.1 Å². The Hall–Kier alpha value is -4.35. The third kappa shape index (κ3) is 14.3. The summed E-state index contributed by atoms with van der Waals surface area (Å²) in [5.41, 5.74) is 17.1. The Morgan fingerprint density at radius 3 is 1.84 bits per heavy atom.